The lowest BCUT2D eigenvalue weighted by Crippen LogP contribution is -2.31. The second-order valence-electron chi connectivity index (χ2n) is 5.80. The van der Waals surface area contributed by atoms with Crippen molar-refractivity contribution >= 4 is 23.7 Å². The van der Waals surface area contributed by atoms with E-state index in [9.17, 15) is 9.59 Å². The van der Waals surface area contributed by atoms with E-state index in [2.05, 4.69) is 5.32 Å². The van der Waals surface area contributed by atoms with Crippen LogP contribution in [-0.2, 0) is 17.8 Å². The normalized spacial score (nSPS) is 17.2. The summed E-state index contributed by atoms with van der Waals surface area (Å²) in [4.78, 5) is 27.1. The Hall–Kier alpha value is -2.27. The summed E-state index contributed by atoms with van der Waals surface area (Å²) in [5.41, 5.74) is 2.13. The van der Waals surface area contributed by atoms with Crippen molar-refractivity contribution in [3.05, 3.63) is 65.7 Å². The predicted octanol–water partition coefficient (Wildman–Crippen LogP) is 3.46. The summed E-state index contributed by atoms with van der Waals surface area (Å²) in [6.45, 7) is 0.321. The van der Waals surface area contributed by atoms with Gasteiger partial charge >= 0.3 is 6.03 Å². The molecule has 0 unspecified atom stereocenters. The summed E-state index contributed by atoms with van der Waals surface area (Å²) < 4.78 is 0. The largest absolute Gasteiger partial charge is 0.326 e. The second-order valence-corrected chi connectivity index (χ2v) is 6.68. The molecule has 0 spiro atoms. The maximum Gasteiger partial charge on any atom is 0.325 e. The fourth-order valence-corrected chi connectivity index (χ4v) is 3.20. The number of carbonyl (C=O) groups is 2. The van der Waals surface area contributed by atoms with Crippen LogP contribution in [0.5, 0.6) is 0 Å². The molecule has 0 radical (unpaired) electrons. The molecule has 1 fully saturated rings. The highest BCUT2D eigenvalue weighted by Crippen LogP contribution is 2.19. The molecule has 24 heavy (non-hydrogen) atoms. The van der Waals surface area contributed by atoms with E-state index in [0.717, 1.165) is 16.9 Å². The number of thioether (sulfide) groups is 1. The van der Waals surface area contributed by atoms with Crippen LogP contribution >= 0.6 is 11.8 Å². The van der Waals surface area contributed by atoms with E-state index < -0.39 is 6.04 Å². The quantitative estimate of drug-likeness (QED) is 0.647. The predicted molar refractivity (Wildman–Crippen MR) is 95.9 cm³/mol. The third kappa shape index (κ3) is 3.79. The van der Waals surface area contributed by atoms with Crippen molar-refractivity contribution in [2.24, 2.45) is 0 Å². The summed E-state index contributed by atoms with van der Waals surface area (Å²) >= 11 is 1.67. The summed E-state index contributed by atoms with van der Waals surface area (Å²) in [5, 5.41) is 2.80. The third-order valence-electron chi connectivity index (χ3n) is 4.17. The SMILES string of the molecule is CSc1ccc(CN2C(=O)N[C@H](CCc3ccccc3)C2=O)cc1. The molecule has 0 aromatic heterocycles. The Morgan fingerprint density at radius 3 is 2.38 bits per heavy atom. The minimum atomic E-state index is -0.428. The zero-order chi connectivity index (χ0) is 16.9. The number of nitrogens with zero attached hydrogens (tertiary/aromatic N) is 1. The van der Waals surface area contributed by atoms with E-state index in [-0.39, 0.29) is 11.9 Å². The molecule has 3 rings (SSSR count). The fourth-order valence-electron chi connectivity index (χ4n) is 2.79. The average molecular weight is 340 g/mol. The zero-order valence-electron chi connectivity index (χ0n) is 13.6. The molecular formula is C19H20N2O2S. The number of carbonyl (C=O) groups excluding carboxylic acids is 2. The van der Waals surface area contributed by atoms with Crippen molar-refractivity contribution in [1.82, 2.24) is 10.2 Å². The maximum atomic E-state index is 12.5. The standard InChI is InChI=1S/C19H20N2O2S/c1-24-16-10-7-15(8-11-16)13-21-18(22)17(20-19(21)23)12-9-14-5-3-2-4-6-14/h2-8,10-11,17H,9,12-13H2,1H3,(H,20,23)/t17-/m1/s1. The molecule has 0 bridgehead atoms. The first-order chi connectivity index (χ1) is 11.7. The van der Waals surface area contributed by atoms with Crippen LogP contribution in [0.15, 0.2) is 59.5 Å². The maximum absolute atomic E-state index is 12.5. The molecule has 0 aliphatic carbocycles. The average Bonchev–Trinajstić information content (AvgIpc) is 2.89. The van der Waals surface area contributed by atoms with Gasteiger partial charge in [0.2, 0.25) is 0 Å². The van der Waals surface area contributed by atoms with Gasteiger partial charge < -0.3 is 5.32 Å². The van der Waals surface area contributed by atoms with Gasteiger partial charge in [0.1, 0.15) is 6.04 Å². The van der Waals surface area contributed by atoms with Gasteiger partial charge in [0.25, 0.3) is 5.91 Å². The van der Waals surface area contributed by atoms with Crippen molar-refractivity contribution in [2.75, 3.05) is 6.26 Å². The first kappa shape index (κ1) is 16.6. The highest BCUT2D eigenvalue weighted by Gasteiger charge is 2.37. The number of urea groups is 1. The lowest BCUT2D eigenvalue weighted by molar-refractivity contribution is -0.128. The van der Waals surface area contributed by atoms with Gasteiger partial charge in [0.15, 0.2) is 0 Å². The Morgan fingerprint density at radius 1 is 1.00 bits per heavy atom. The van der Waals surface area contributed by atoms with Crippen LogP contribution in [0.1, 0.15) is 17.5 Å². The minimum absolute atomic E-state index is 0.134. The van der Waals surface area contributed by atoms with Crippen LogP contribution in [-0.4, -0.2) is 29.1 Å². The van der Waals surface area contributed by atoms with Crippen LogP contribution in [0.2, 0.25) is 0 Å². The lowest BCUT2D eigenvalue weighted by Gasteiger charge is -2.13. The Labute approximate surface area is 146 Å². The molecule has 2 aromatic rings. The number of hydrogen-bond donors (Lipinski definition) is 1. The highest BCUT2D eigenvalue weighted by molar-refractivity contribution is 7.98. The molecule has 1 N–H and O–H groups in total. The Kier molecular flexibility index (Phi) is 5.20. The highest BCUT2D eigenvalue weighted by atomic mass is 32.2. The molecule has 0 saturated carbocycles. The number of amides is 3. The van der Waals surface area contributed by atoms with Crippen LogP contribution in [0.25, 0.3) is 0 Å². The number of aryl methyl sites for hydroxylation is 1. The van der Waals surface area contributed by atoms with Crippen molar-refractivity contribution in [3.8, 4) is 0 Å². The van der Waals surface area contributed by atoms with E-state index in [1.165, 1.54) is 10.5 Å². The second kappa shape index (κ2) is 7.53. The van der Waals surface area contributed by atoms with E-state index >= 15 is 0 Å². The zero-order valence-corrected chi connectivity index (χ0v) is 14.4. The first-order valence-electron chi connectivity index (χ1n) is 7.96. The number of hydrogen-bond acceptors (Lipinski definition) is 3. The van der Waals surface area contributed by atoms with Gasteiger partial charge in [0.05, 0.1) is 6.54 Å². The van der Waals surface area contributed by atoms with Crippen LogP contribution < -0.4 is 5.32 Å². The van der Waals surface area contributed by atoms with E-state index in [4.69, 9.17) is 0 Å². The van der Waals surface area contributed by atoms with E-state index in [1.54, 1.807) is 11.8 Å². The molecule has 1 saturated heterocycles. The topological polar surface area (TPSA) is 49.4 Å². The van der Waals surface area contributed by atoms with Gasteiger partial charge in [0, 0.05) is 4.90 Å². The Morgan fingerprint density at radius 2 is 1.71 bits per heavy atom. The Bertz CT molecular complexity index is 716. The van der Waals surface area contributed by atoms with Gasteiger partial charge in [-0.15, -0.1) is 11.8 Å². The van der Waals surface area contributed by atoms with Crippen molar-refractivity contribution < 1.29 is 9.59 Å². The lowest BCUT2D eigenvalue weighted by atomic mass is 10.1. The number of benzene rings is 2. The molecule has 3 amide bonds. The van der Waals surface area contributed by atoms with E-state index in [0.29, 0.717) is 13.0 Å². The summed E-state index contributed by atoms with van der Waals surface area (Å²) in [7, 11) is 0. The molecule has 2 aromatic carbocycles. The molecule has 4 nitrogen and oxygen atoms in total. The molecule has 1 aliphatic rings. The molecule has 5 heteroatoms. The van der Waals surface area contributed by atoms with Crippen LogP contribution in [0.4, 0.5) is 4.79 Å². The monoisotopic (exact) mass is 340 g/mol. The molecule has 1 atom stereocenters. The van der Waals surface area contributed by atoms with Crippen molar-refractivity contribution in [2.45, 2.75) is 30.3 Å². The van der Waals surface area contributed by atoms with Crippen molar-refractivity contribution in [3.63, 3.8) is 0 Å². The van der Waals surface area contributed by atoms with Crippen LogP contribution in [0.3, 0.4) is 0 Å². The van der Waals surface area contributed by atoms with Gasteiger partial charge in [-0.1, -0.05) is 42.5 Å². The number of imide groups is 1. The van der Waals surface area contributed by atoms with Gasteiger partial charge in [-0.3, -0.25) is 9.69 Å². The van der Waals surface area contributed by atoms with Crippen LogP contribution in [0, 0.1) is 0 Å². The fraction of sp³-hybridized carbons (Fsp3) is 0.263. The first-order valence-corrected chi connectivity index (χ1v) is 9.18. The van der Waals surface area contributed by atoms with E-state index in [1.807, 2.05) is 60.9 Å². The Balaban J connectivity index is 1.61. The molecular weight excluding hydrogens is 320 g/mol. The third-order valence-corrected chi connectivity index (χ3v) is 4.91. The van der Waals surface area contributed by atoms with Crippen molar-refractivity contribution in [1.29, 1.82) is 0 Å². The summed E-state index contributed by atoms with van der Waals surface area (Å²) in [6, 6.07) is 17.2. The minimum Gasteiger partial charge on any atom is -0.326 e. The summed E-state index contributed by atoms with van der Waals surface area (Å²) in [5.74, 6) is -0.134. The van der Waals surface area contributed by atoms with Gasteiger partial charge in [-0.05, 0) is 42.4 Å². The molecule has 124 valence electrons. The van der Waals surface area contributed by atoms with Gasteiger partial charge in [-0.25, -0.2) is 4.79 Å². The number of rotatable bonds is 6. The number of nitrogens with one attached hydrogen (secondary N) is 1. The smallest absolute Gasteiger partial charge is 0.325 e. The van der Waals surface area contributed by atoms with Gasteiger partial charge in [-0.2, -0.15) is 0 Å². The summed E-state index contributed by atoms with van der Waals surface area (Å²) in [6.07, 6.45) is 3.41. The molecule has 1 heterocycles. The molecule has 1 aliphatic heterocycles.